The Kier molecular flexibility index (Phi) is 5.53. The molecule has 0 radical (unpaired) electrons. The normalized spacial score (nSPS) is 15.2. The number of carbonyl (C=O) groups is 1. The van der Waals surface area contributed by atoms with Crippen LogP contribution in [0, 0.1) is 20.8 Å². The smallest absolute Gasteiger partial charge is 0.254 e. The van der Waals surface area contributed by atoms with E-state index in [9.17, 15) is 13.2 Å². The highest BCUT2D eigenvalue weighted by molar-refractivity contribution is 7.89. The van der Waals surface area contributed by atoms with E-state index in [0.29, 0.717) is 29.7 Å². The molecule has 0 unspecified atom stereocenters. The Hall–Kier alpha value is -3.43. The van der Waals surface area contributed by atoms with Gasteiger partial charge in [0.05, 0.1) is 27.9 Å². The Labute approximate surface area is 198 Å². The lowest BCUT2D eigenvalue weighted by Crippen LogP contribution is -2.50. The Morgan fingerprint density at radius 3 is 2.32 bits per heavy atom. The van der Waals surface area contributed by atoms with E-state index in [2.05, 4.69) is 15.0 Å². The van der Waals surface area contributed by atoms with Gasteiger partial charge in [-0.1, -0.05) is 12.1 Å². The fourth-order valence-corrected chi connectivity index (χ4v) is 5.86. The van der Waals surface area contributed by atoms with Crippen molar-refractivity contribution >= 4 is 37.9 Å². The van der Waals surface area contributed by atoms with Gasteiger partial charge in [-0.3, -0.25) is 9.78 Å². The summed E-state index contributed by atoms with van der Waals surface area (Å²) in [6.45, 7) is 6.79. The maximum Gasteiger partial charge on any atom is 0.254 e. The lowest BCUT2D eigenvalue weighted by molar-refractivity contribution is 0.0698. The largest absolute Gasteiger partial charge is 0.336 e. The second-order valence-electron chi connectivity index (χ2n) is 8.63. The van der Waals surface area contributed by atoms with E-state index < -0.39 is 10.0 Å². The number of aryl methyl sites for hydroxylation is 3. The predicted octanol–water partition coefficient (Wildman–Crippen LogP) is 3.25. The number of aromatic nitrogens is 3. The topological polar surface area (TPSA) is 96.4 Å². The summed E-state index contributed by atoms with van der Waals surface area (Å²) in [7, 11) is -3.74. The zero-order chi connectivity index (χ0) is 24.0. The predicted molar refractivity (Wildman–Crippen MR) is 130 cm³/mol. The van der Waals surface area contributed by atoms with E-state index >= 15 is 0 Å². The molecule has 1 saturated heterocycles. The van der Waals surface area contributed by atoms with Crippen molar-refractivity contribution in [1.29, 1.82) is 0 Å². The average molecular weight is 476 g/mol. The van der Waals surface area contributed by atoms with E-state index in [-0.39, 0.29) is 23.9 Å². The molecule has 1 fully saturated rings. The summed E-state index contributed by atoms with van der Waals surface area (Å²) in [5.74, 6) is -0.138. The van der Waals surface area contributed by atoms with E-state index in [1.54, 1.807) is 41.4 Å². The maximum absolute atomic E-state index is 13.4. The van der Waals surface area contributed by atoms with Crippen molar-refractivity contribution in [3.05, 3.63) is 71.2 Å². The summed E-state index contributed by atoms with van der Waals surface area (Å²) in [6, 6.07) is 12.4. The summed E-state index contributed by atoms with van der Waals surface area (Å²) in [5.41, 5.74) is 5.07. The lowest BCUT2D eigenvalue weighted by Gasteiger charge is -2.34. The Balaban J connectivity index is 1.35. The zero-order valence-corrected chi connectivity index (χ0v) is 20.1. The molecular formula is C25H25N5O3S. The first kappa shape index (κ1) is 22.4. The molecule has 1 aliphatic heterocycles. The first-order valence-electron chi connectivity index (χ1n) is 11.1. The fraction of sp³-hybridized carbons (Fsp3) is 0.280. The number of rotatable bonds is 3. The maximum atomic E-state index is 13.4. The third-order valence-electron chi connectivity index (χ3n) is 6.28. The third-order valence-corrected chi connectivity index (χ3v) is 8.21. The molecule has 3 heterocycles. The van der Waals surface area contributed by atoms with Gasteiger partial charge in [0.15, 0.2) is 0 Å². The number of pyridine rings is 1. The van der Waals surface area contributed by atoms with Gasteiger partial charge in [-0.15, -0.1) is 0 Å². The van der Waals surface area contributed by atoms with E-state index in [1.165, 1.54) is 4.31 Å². The van der Waals surface area contributed by atoms with Crippen molar-refractivity contribution in [3.63, 3.8) is 0 Å². The van der Waals surface area contributed by atoms with Crippen LogP contribution in [0.5, 0.6) is 0 Å². The molecule has 5 rings (SSSR count). The molecule has 2 aromatic carbocycles. The number of piperazine rings is 1. The molecule has 174 valence electrons. The zero-order valence-electron chi connectivity index (χ0n) is 19.3. The quantitative estimate of drug-likeness (QED) is 0.451. The van der Waals surface area contributed by atoms with Gasteiger partial charge in [-0.05, 0) is 56.7 Å². The first-order chi connectivity index (χ1) is 16.2. The first-order valence-corrected chi connectivity index (χ1v) is 12.6. The van der Waals surface area contributed by atoms with Crippen molar-refractivity contribution in [2.75, 3.05) is 26.2 Å². The van der Waals surface area contributed by atoms with Gasteiger partial charge in [0.2, 0.25) is 10.0 Å². The van der Waals surface area contributed by atoms with E-state index in [1.807, 2.05) is 32.9 Å². The van der Waals surface area contributed by atoms with Gasteiger partial charge in [0.1, 0.15) is 4.90 Å². The standard InChI is InChI=1S/C25H25N5O3S/c1-16-13-19-5-4-6-23(24(19)26-15-16)34(32,33)30-11-9-29(10-12-30)25(31)20-7-8-21-22(14-20)28-18(3)17(2)27-21/h4-8,13-15H,9-12H2,1-3H3. The van der Waals surface area contributed by atoms with Crippen LogP contribution in [0.25, 0.3) is 21.9 Å². The number of amides is 1. The Morgan fingerprint density at radius 2 is 1.59 bits per heavy atom. The molecule has 34 heavy (non-hydrogen) atoms. The van der Waals surface area contributed by atoms with Gasteiger partial charge < -0.3 is 4.90 Å². The highest BCUT2D eigenvalue weighted by Crippen LogP contribution is 2.26. The second kappa shape index (κ2) is 8.41. The van der Waals surface area contributed by atoms with Crippen molar-refractivity contribution in [3.8, 4) is 0 Å². The molecule has 0 saturated carbocycles. The summed E-state index contributed by atoms with van der Waals surface area (Å²) in [5, 5.41) is 0.791. The molecule has 0 N–H and O–H groups in total. The van der Waals surface area contributed by atoms with E-state index in [4.69, 9.17) is 0 Å². The van der Waals surface area contributed by atoms with Crippen molar-refractivity contribution in [2.24, 2.45) is 0 Å². The minimum Gasteiger partial charge on any atom is -0.336 e. The van der Waals surface area contributed by atoms with Crippen LogP contribution >= 0.6 is 0 Å². The number of para-hydroxylation sites is 1. The highest BCUT2D eigenvalue weighted by atomic mass is 32.2. The highest BCUT2D eigenvalue weighted by Gasteiger charge is 2.32. The monoisotopic (exact) mass is 475 g/mol. The number of benzene rings is 2. The molecule has 0 aliphatic carbocycles. The van der Waals surface area contributed by atoms with E-state index in [0.717, 1.165) is 27.9 Å². The second-order valence-corrected chi connectivity index (χ2v) is 10.5. The van der Waals surface area contributed by atoms with Crippen LogP contribution in [-0.4, -0.2) is 64.7 Å². The fourth-order valence-electron chi connectivity index (χ4n) is 4.27. The number of carbonyl (C=O) groups excluding carboxylic acids is 1. The van der Waals surface area contributed by atoms with Gasteiger partial charge in [0, 0.05) is 43.3 Å². The SMILES string of the molecule is Cc1cnc2c(S(=O)(=O)N3CCN(C(=O)c4ccc5nc(C)c(C)nc5c4)CC3)cccc2c1. The molecule has 0 bridgehead atoms. The lowest BCUT2D eigenvalue weighted by atomic mass is 10.1. The van der Waals surface area contributed by atoms with Crippen LogP contribution in [0.15, 0.2) is 53.6 Å². The molecule has 2 aromatic heterocycles. The van der Waals surface area contributed by atoms with Crippen molar-refractivity contribution in [1.82, 2.24) is 24.2 Å². The molecule has 9 heteroatoms. The molecule has 1 amide bonds. The molecule has 8 nitrogen and oxygen atoms in total. The summed E-state index contributed by atoms with van der Waals surface area (Å²) < 4.78 is 28.2. The van der Waals surface area contributed by atoms with Gasteiger partial charge in [-0.25, -0.2) is 18.4 Å². The number of hydrogen-bond acceptors (Lipinski definition) is 6. The third kappa shape index (κ3) is 3.91. The molecular weight excluding hydrogens is 450 g/mol. The number of sulfonamides is 1. The van der Waals surface area contributed by atoms with Crippen LogP contribution in [0.1, 0.15) is 27.3 Å². The van der Waals surface area contributed by atoms with Crippen LogP contribution in [-0.2, 0) is 10.0 Å². The Bertz CT molecular complexity index is 1540. The van der Waals surface area contributed by atoms with Crippen LogP contribution in [0.3, 0.4) is 0 Å². The summed E-state index contributed by atoms with van der Waals surface area (Å²) in [4.78, 5) is 28.5. The average Bonchev–Trinajstić information content (AvgIpc) is 2.83. The number of nitrogens with zero attached hydrogens (tertiary/aromatic N) is 5. The van der Waals surface area contributed by atoms with Crippen molar-refractivity contribution in [2.45, 2.75) is 25.7 Å². The van der Waals surface area contributed by atoms with Gasteiger partial charge in [0.25, 0.3) is 5.91 Å². The molecule has 0 atom stereocenters. The Morgan fingerprint density at radius 1 is 0.882 bits per heavy atom. The van der Waals surface area contributed by atoms with Gasteiger partial charge >= 0.3 is 0 Å². The van der Waals surface area contributed by atoms with Crippen LogP contribution in [0.2, 0.25) is 0 Å². The summed E-state index contributed by atoms with van der Waals surface area (Å²) >= 11 is 0. The minimum absolute atomic E-state index is 0.138. The van der Waals surface area contributed by atoms with Gasteiger partial charge in [-0.2, -0.15) is 4.31 Å². The minimum atomic E-state index is -3.74. The molecule has 4 aromatic rings. The van der Waals surface area contributed by atoms with Crippen LogP contribution < -0.4 is 0 Å². The number of fused-ring (bicyclic) bond motifs is 2. The molecule has 1 aliphatic rings. The number of hydrogen-bond donors (Lipinski definition) is 0. The van der Waals surface area contributed by atoms with Crippen LogP contribution in [0.4, 0.5) is 0 Å². The molecule has 0 spiro atoms. The summed E-state index contributed by atoms with van der Waals surface area (Å²) in [6.07, 6.45) is 1.68. The van der Waals surface area contributed by atoms with Crippen molar-refractivity contribution < 1.29 is 13.2 Å².